The SMILES string of the molecule is COc1cccc([C@H](c2cc3c(cc2O)OCO3)N2CCOCC2)c1O. The number of nitrogens with zero attached hydrogens (tertiary/aromatic N) is 1. The highest BCUT2D eigenvalue weighted by atomic mass is 16.7. The normalized spacial score (nSPS) is 17.9. The van der Waals surface area contributed by atoms with Gasteiger partial charge in [-0.2, -0.15) is 0 Å². The van der Waals surface area contributed by atoms with Gasteiger partial charge in [0.05, 0.1) is 26.4 Å². The van der Waals surface area contributed by atoms with Gasteiger partial charge in [0.1, 0.15) is 5.75 Å². The summed E-state index contributed by atoms with van der Waals surface area (Å²) in [6.07, 6.45) is 0. The minimum absolute atomic E-state index is 0.0589. The van der Waals surface area contributed by atoms with Crippen LogP contribution in [-0.2, 0) is 4.74 Å². The molecule has 2 aromatic rings. The molecule has 0 radical (unpaired) electrons. The van der Waals surface area contributed by atoms with Gasteiger partial charge in [-0.05, 0) is 12.1 Å². The van der Waals surface area contributed by atoms with Crippen LogP contribution in [0.25, 0.3) is 0 Å². The zero-order chi connectivity index (χ0) is 18.1. The minimum atomic E-state index is -0.372. The average molecular weight is 359 g/mol. The lowest BCUT2D eigenvalue weighted by atomic mass is 9.94. The van der Waals surface area contributed by atoms with E-state index in [1.165, 1.54) is 7.11 Å². The zero-order valence-corrected chi connectivity index (χ0v) is 14.5. The van der Waals surface area contributed by atoms with Crippen LogP contribution in [0.1, 0.15) is 17.2 Å². The summed E-state index contributed by atoms with van der Waals surface area (Å²) in [5, 5.41) is 21.4. The number of rotatable bonds is 4. The number of phenols is 2. The summed E-state index contributed by atoms with van der Waals surface area (Å²) in [7, 11) is 1.51. The standard InChI is InChI=1S/C19H21NO6/c1-23-15-4-2-3-12(19(15)22)18(20-5-7-24-8-6-20)13-9-16-17(10-14(13)21)26-11-25-16/h2-4,9-10,18,21-22H,5-8,11H2,1H3/t18-/m1/s1. The highest BCUT2D eigenvalue weighted by Gasteiger charge is 2.31. The van der Waals surface area contributed by atoms with Crippen LogP contribution in [0.5, 0.6) is 28.7 Å². The molecular formula is C19H21NO6. The molecule has 2 aliphatic rings. The Labute approximate surface area is 151 Å². The first-order valence-electron chi connectivity index (χ1n) is 8.49. The molecule has 2 heterocycles. The molecule has 26 heavy (non-hydrogen) atoms. The molecule has 0 bridgehead atoms. The van der Waals surface area contributed by atoms with Gasteiger partial charge in [-0.3, -0.25) is 4.90 Å². The molecule has 7 nitrogen and oxygen atoms in total. The van der Waals surface area contributed by atoms with Gasteiger partial charge in [0.15, 0.2) is 23.0 Å². The summed E-state index contributed by atoms with van der Waals surface area (Å²) in [4.78, 5) is 2.16. The van der Waals surface area contributed by atoms with E-state index >= 15 is 0 Å². The molecule has 1 saturated heterocycles. The van der Waals surface area contributed by atoms with E-state index in [4.69, 9.17) is 18.9 Å². The molecule has 1 atom stereocenters. The van der Waals surface area contributed by atoms with Crippen LogP contribution >= 0.6 is 0 Å². The highest BCUT2D eigenvalue weighted by Crippen LogP contribution is 2.46. The predicted molar refractivity (Wildman–Crippen MR) is 93.1 cm³/mol. The van der Waals surface area contributed by atoms with Crippen molar-refractivity contribution in [2.75, 3.05) is 40.2 Å². The number of benzene rings is 2. The summed E-state index contributed by atoms with van der Waals surface area (Å²) in [6.45, 7) is 2.66. The van der Waals surface area contributed by atoms with Gasteiger partial charge < -0.3 is 29.2 Å². The predicted octanol–water partition coefficient (Wildman–Crippen LogP) is 2.26. The minimum Gasteiger partial charge on any atom is -0.507 e. The van der Waals surface area contributed by atoms with Crippen LogP contribution in [-0.4, -0.2) is 55.3 Å². The molecule has 0 amide bonds. The Bertz CT molecular complexity index is 803. The van der Waals surface area contributed by atoms with Crippen LogP contribution in [0, 0.1) is 0 Å². The number of ether oxygens (including phenoxy) is 4. The van der Waals surface area contributed by atoms with E-state index in [2.05, 4.69) is 4.90 Å². The molecular weight excluding hydrogens is 338 g/mol. The van der Waals surface area contributed by atoms with Crippen molar-refractivity contribution in [3.05, 3.63) is 41.5 Å². The lowest BCUT2D eigenvalue weighted by Crippen LogP contribution is -2.39. The Morgan fingerprint density at radius 1 is 1.04 bits per heavy atom. The van der Waals surface area contributed by atoms with Crippen molar-refractivity contribution in [1.82, 2.24) is 4.90 Å². The quantitative estimate of drug-likeness (QED) is 0.867. The van der Waals surface area contributed by atoms with Crippen molar-refractivity contribution in [1.29, 1.82) is 0 Å². The first-order valence-corrected chi connectivity index (χ1v) is 8.49. The van der Waals surface area contributed by atoms with E-state index in [0.717, 1.165) is 0 Å². The fraction of sp³-hybridized carbons (Fsp3) is 0.368. The second-order valence-corrected chi connectivity index (χ2v) is 6.21. The maximum absolute atomic E-state index is 10.7. The highest BCUT2D eigenvalue weighted by molar-refractivity contribution is 5.57. The van der Waals surface area contributed by atoms with E-state index in [1.54, 1.807) is 18.2 Å². The van der Waals surface area contributed by atoms with Crippen LogP contribution in [0.4, 0.5) is 0 Å². The Hall–Kier alpha value is -2.64. The third-order valence-corrected chi connectivity index (χ3v) is 4.77. The molecule has 2 aromatic carbocycles. The van der Waals surface area contributed by atoms with Crippen molar-refractivity contribution in [3.63, 3.8) is 0 Å². The van der Waals surface area contributed by atoms with Crippen molar-refractivity contribution in [2.45, 2.75) is 6.04 Å². The Kier molecular flexibility index (Phi) is 4.48. The van der Waals surface area contributed by atoms with E-state index in [0.29, 0.717) is 54.7 Å². The van der Waals surface area contributed by atoms with E-state index in [1.807, 2.05) is 12.1 Å². The molecule has 7 heteroatoms. The maximum Gasteiger partial charge on any atom is 0.231 e. The van der Waals surface area contributed by atoms with Gasteiger partial charge in [-0.15, -0.1) is 0 Å². The fourth-order valence-electron chi connectivity index (χ4n) is 3.49. The van der Waals surface area contributed by atoms with Crippen LogP contribution in [0.15, 0.2) is 30.3 Å². The van der Waals surface area contributed by atoms with Crippen molar-refractivity contribution in [2.24, 2.45) is 0 Å². The number of phenolic OH excluding ortho intramolecular Hbond substituents is 2. The Morgan fingerprint density at radius 2 is 1.77 bits per heavy atom. The van der Waals surface area contributed by atoms with E-state index < -0.39 is 0 Å². The van der Waals surface area contributed by atoms with Gasteiger partial charge in [0.2, 0.25) is 6.79 Å². The van der Waals surface area contributed by atoms with Gasteiger partial charge in [-0.25, -0.2) is 0 Å². The molecule has 2 N–H and O–H groups in total. The van der Waals surface area contributed by atoms with Crippen LogP contribution < -0.4 is 14.2 Å². The molecule has 2 aliphatic heterocycles. The molecule has 0 unspecified atom stereocenters. The molecule has 0 saturated carbocycles. The third-order valence-electron chi connectivity index (χ3n) is 4.77. The summed E-state index contributed by atoms with van der Waals surface area (Å²) < 4.78 is 21.5. The van der Waals surface area contributed by atoms with E-state index in [9.17, 15) is 10.2 Å². The van der Waals surface area contributed by atoms with Gasteiger partial charge in [0.25, 0.3) is 0 Å². The summed E-state index contributed by atoms with van der Waals surface area (Å²) in [5.74, 6) is 1.64. The Morgan fingerprint density at radius 3 is 2.50 bits per heavy atom. The van der Waals surface area contributed by atoms with Gasteiger partial charge in [0, 0.05) is 30.3 Å². The smallest absolute Gasteiger partial charge is 0.231 e. The van der Waals surface area contributed by atoms with Crippen molar-refractivity contribution in [3.8, 4) is 28.7 Å². The molecule has 0 spiro atoms. The van der Waals surface area contributed by atoms with Gasteiger partial charge >= 0.3 is 0 Å². The molecule has 0 aromatic heterocycles. The van der Waals surface area contributed by atoms with Crippen LogP contribution in [0.3, 0.4) is 0 Å². The van der Waals surface area contributed by atoms with Gasteiger partial charge in [-0.1, -0.05) is 12.1 Å². The largest absolute Gasteiger partial charge is 0.507 e. The molecule has 138 valence electrons. The second kappa shape index (κ2) is 6.93. The molecule has 0 aliphatic carbocycles. The monoisotopic (exact) mass is 359 g/mol. The van der Waals surface area contributed by atoms with Crippen molar-refractivity contribution >= 4 is 0 Å². The average Bonchev–Trinajstić information content (AvgIpc) is 3.11. The number of fused-ring (bicyclic) bond motifs is 1. The third kappa shape index (κ3) is 2.89. The zero-order valence-electron chi connectivity index (χ0n) is 14.5. The van der Waals surface area contributed by atoms with E-state index in [-0.39, 0.29) is 24.3 Å². The summed E-state index contributed by atoms with van der Waals surface area (Å²) >= 11 is 0. The topological polar surface area (TPSA) is 80.6 Å². The maximum atomic E-state index is 10.7. The number of aromatic hydroxyl groups is 2. The number of hydrogen-bond acceptors (Lipinski definition) is 7. The second-order valence-electron chi connectivity index (χ2n) is 6.21. The molecule has 1 fully saturated rings. The number of para-hydroxylation sites is 1. The number of methoxy groups -OCH3 is 1. The first-order chi connectivity index (χ1) is 12.7. The molecule has 4 rings (SSSR count). The summed E-state index contributed by atoms with van der Waals surface area (Å²) in [5.41, 5.74) is 1.29. The lowest BCUT2D eigenvalue weighted by molar-refractivity contribution is 0.0231. The number of morpholine rings is 1. The first kappa shape index (κ1) is 16.8. The van der Waals surface area contributed by atoms with Crippen LogP contribution in [0.2, 0.25) is 0 Å². The lowest BCUT2D eigenvalue weighted by Gasteiger charge is -2.35. The fourth-order valence-corrected chi connectivity index (χ4v) is 3.49. The Balaban J connectivity index is 1.84. The number of hydrogen-bond donors (Lipinski definition) is 2. The van der Waals surface area contributed by atoms with Crippen molar-refractivity contribution < 1.29 is 29.2 Å². The summed E-state index contributed by atoms with van der Waals surface area (Å²) in [6, 6.07) is 8.32.